The van der Waals surface area contributed by atoms with Gasteiger partial charge in [0, 0.05) is 12.1 Å². The molecule has 0 amide bonds. The minimum absolute atomic E-state index is 0.102. The van der Waals surface area contributed by atoms with E-state index >= 15 is 0 Å². The minimum Gasteiger partial charge on any atom is -0.384 e. The Morgan fingerprint density at radius 1 is 1.41 bits per heavy atom. The first kappa shape index (κ1) is 11.9. The van der Waals surface area contributed by atoms with E-state index in [1.165, 1.54) is 6.07 Å². The van der Waals surface area contributed by atoms with Crippen LogP contribution in [0, 0.1) is 5.92 Å². The maximum atomic E-state index is 12.4. The van der Waals surface area contributed by atoms with Crippen LogP contribution in [0.15, 0.2) is 6.07 Å². The Morgan fingerprint density at radius 2 is 2.06 bits per heavy atom. The van der Waals surface area contributed by atoms with Crippen molar-refractivity contribution in [3.8, 4) is 0 Å². The molecule has 0 bridgehead atoms. The van der Waals surface area contributed by atoms with Crippen LogP contribution in [0.5, 0.6) is 0 Å². The normalized spacial score (nSPS) is 17.9. The lowest BCUT2D eigenvalue weighted by atomic mass is 10.2. The Balaban J connectivity index is 2.19. The van der Waals surface area contributed by atoms with Crippen molar-refractivity contribution in [1.29, 1.82) is 0 Å². The third-order valence-corrected chi connectivity index (χ3v) is 2.70. The van der Waals surface area contributed by atoms with Crippen molar-refractivity contribution in [2.24, 2.45) is 5.92 Å². The first-order valence-electron chi connectivity index (χ1n) is 5.34. The second-order valence-corrected chi connectivity index (χ2v) is 4.27. The molecule has 7 heteroatoms. The molecule has 1 fully saturated rings. The molecule has 1 heterocycles. The lowest BCUT2D eigenvalue weighted by molar-refractivity contribution is -0.144. The summed E-state index contributed by atoms with van der Waals surface area (Å²) in [6.45, 7) is 1.92. The van der Waals surface area contributed by atoms with E-state index in [4.69, 9.17) is 5.73 Å². The second kappa shape index (κ2) is 4.05. The average Bonchev–Trinajstić information content (AvgIpc) is 2.97. The van der Waals surface area contributed by atoms with Gasteiger partial charge in [0.1, 0.15) is 11.6 Å². The van der Waals surface area contributed by atoms with Crippen LogP contribution in [0.2, 0.25) is 0 Å². The first-order valence-corrected chi connectivity index (χ1v) is 5.34. The third kappa shape index (κ3) is 2.98. The molecule has 0 radical (unpaired) electrons. The van der Waals surface area contributed by atoms with Crippen LogP contribution in [0.4, 0.5) is 24.8 Å². The molecule has 1 aromatic rings. The van der Waals surface area contributed by atoms with Gasteiger partial charge in [-0.05, 0) is 25.7 Å². The number of alkyl halides is 3. The molecule has 2 rings (SSSR count). The van der Waals surface area contributed by atoms with Gasteiger partial charge >= 0.3 is 6.18 Å². The predicted molar refractivity (Wildman–Crippen MR) is 57.3 cm³/mol. The summed E-state index contributed by atoms with van der Waals surface area (Å²) in [7, 11) is 0. The highest BCUT2D eigenvalue weighted by Crippen LogP contribution is 2.34. The zero-order valence-corrected chi connectivity index (χ0v) is 9.25. The van der Waals surface area contributed by atoms with Crippen molar-refractivity contribution in [3.05, 3.63) is 11.9 Å². The molecular weight excluding hydrogens is 233 g/mol. The molecule has 1 aliphatic rings. The number of nitrogens with one attached hydrogen (secondary N) is 1. The van der Waals surface area contributed by atoms with E-state index in [1.807, 2.05) is 6.92 Å². The van der Waals surface area contributed by atoms with Crippen molar-refractivity contribution in [3.63, 3.8) is 0 Å². The number of hydrogen-bond acceptors (Lipinski definition) is 4. The molecular formula is C10H13F3N4. The van der Waals surface area contributed by atoms with Crippen LogP contribution in [-0.2, 0) is 6.18 Å². The van der Waals surface area contributed by atoms with Gasteiger partial charge in [-0.25, -0.2) is 9.97 Å². The Hall–Kier alpha value is -1.53. The van der Waals surface area contributed by atoms with Gasteiger partial charge in [0.2, 0.25) is 5.82 Å². The number of rotatable bonds is 3. The second-order valence-electron chi connectivity index (χ2n) is 4.27. The van der Waals surface area contributed by atoms with E-state index in [2.05, 4.69) is 15.3 Å². The summed E-state index contributed by atoms with van der Waals surface area (Å²) in [5.41, 5.74) is 5.33. The summed E-state index contributed by atoms with van der Waals surface area (Å²) >= 11 is 0. The molecule has 17 heavy (non-hydrogen) atoms. The molecule has 0 aliphatic heterocycles. The molecule has 1 atom stereocenters. The quantitative estimate of drug-likeness (QED) is 0.858. The highest BCUT2D eigenvalue weighted by molar-refractivity contribution is 5.45. The van der Waals surface area contributed by atoms with E-state index in [1.54, 1.807) is 0 Å². The summed E-state index contributed by atoms with van der Waals surface area (Å²) in [4.78, 5) is 6.60. The summed E-state index contributed by atoms with van der Waals surface area (Å²) in [6, 6.07) is 1.42. The first-order chi connectivity index (χ1) is 7.86. The van der Waals surface area contributed by atoms with Gasteiger partial charge in [-0.2, -0.15) is 13.2 Å². The van der Waals surface area contributed by atoms with E-state index < -0.39 is 12.0 Å². The fourth-order valence-electron chi connectivity index (χ4n) is 1.61. The lowest BCUT2D eigenvalue weighted by Crippen LogP contribution is -2.20. The van der Waals surface area contributed by atoms with Crippen LogP contribution in [0.1, 0.15) is 25.6 Å². The van der Waals surface area contributed by atoms with E-state index in [0.29, 0.717) is 5.92 Å². The predicted octanol–water partition coefficient (Wildman–Crippen LogP) is 2.29. The van der Waals surface area contributed by atoms with Crippen LogP contribution in [0.25, 0.3) is 0 Å². The number of halogens is 3. The van der Waals surface area contributed by atoms with Gasteiger partial charge in [0.05, 0.1) is 0 Å². The van der Waals surface area contributed by atoms with Gasteiger partial charge in [0.15, 0.2) is 0 Å². The van der Waals surface area contributed by atoms with Gasteiger partial charge in [-0.1, -0.05) is 0 Å². The molecule has 94 valence electrons. The molecule has 1 aromatic heterocycles. The summed E-state index contributed by atoms with van der Waals surface area (Å²) in [5, 5.41) is 2.93. The molecule has 0 saturated heterocycles. The summed E-state index contributed by atoms with van der Waals surface area (Å²) in [5.74, 6) is -0.745. The van der Waals surface area contributed by atoms with Crippen molar-refractivity contribution in [1.82, 2.24) is 9.97 Å². The molecule has 0 spiro atoms. The van der Waals surface area contributed by atoms with Crippen LogP contribution >= 0.6 is 0 Å². The van der Waals surface area contributed by atoms with Crippen LogP contribution in [0.3, 0.4) is 0 Å². The average molecular weight is 246 g/mol. The molecule has 1 aliphatic carbocycles. The van der Waals surface area contributed by atoms with Crippen LogP contribution < -0.4 is 11.1 Å². The largest absolute Gasteiger partial charge is 0.451 e. The number of aromatic nitrogens is 2. The van der Waals surface area contributed by atoms with E-state index in [9.17, 15) is 13.2 Å². The summed E-state index contributed by atoms with van der Waals surface area (Å²) < 4.78 is 37.3. The zero-order valence-electron chi connectivity index (χ0n) is 9.25. The maximum Gasteiger partial charge on any atom is 0.451 e. The molecule has 0 aromatic carbocycles. The highest BCUT2D eigenvalue weighted by atomic mass is 19.4. The van der Waals surface area contributed by atoms with E-state index in [-0.39, 0.29) is 17.7 Å². The Bertz CT molecular complexity index is 415. The zero-order chi connectivity index (χ0) is 12.6. The number of nitrogens with zero attached hydrogens (tertiary/aromatic N) is 2. The van der Waals surface area contributed by atoms with Gasteiger partial charge in [-0.15, -0.1) is 0 Å². The van der Waals surface area contributed by atoms with Gasteiger partial charge in [0.25, 0.3) is 0 Å². The number of nitrogens with two attached hydrogens (primary N) is 1. The number of hydrogen-bond donors (Lipinski definition) is 2. The molecule has 3 N–H and O–H groups in total. The molecule has 4 nitrogen and oxygen atoms in total. The fraction of sp³-hybridized carbons (Fsp3) is 0.600. The van der Waals surface area contributed by atoms with Crippen molar-refractivity contribution >= 4 is 11.6 Å². The topological polar surface area (TPSA) is 63.8 Å². The maximum absolute atomic E-state index is 12.4. The third-order valence-electron chi connectivity index (χ3n) is 2.70. The Kier molecular flexibility index (Phi) is 2.84. The fourth-order valence-corrected chi connectivity index (χ4v) is 1.61. The monoisotopic (exact) mass is 246 g/mol. The van der Waals surface area contributed by atoms with Crippen molar-refractivity contribution < 1.29 is 13.2 Å². The number of nitrogen functional groups attached to an aromatic ring is 1. The Labute approximate surface area is 96.4 Å². The smallest absolute Gasteiger partial charge is 0.384 e. The standard InChI is InChI=1S/C10H13F3N4/c1-5(6-2-3-6)15-8-4-7(14)16-9(17-8)10(11,12)13/h4-6H,2-3H2,1H3,(H3,14,15,16,17). The van der Waals surface area contributed by atoms with E-state index in [0.717, 1.165) is 12.8 Å². The molecule has 1 saturated carbocycles. The lowest BCUT2D eigenvalue weighted by Gasteiger charge is -2.15. The Morgan fingerprint density at radius 3 is 2.59 bits per heavy atom. The van der Waals surface area contributed by atoms with Crippen LogP contribution in [-0.4, -0.2) is 16.0 Å². The summed E-state index contributed by atoms with van der Waals surface area (Å²) in [6.07, 6.45) is -2.38. The highest BCUT2D eigenvalue weighted by Gasteiger charge is 2.35. The van der Waals surface area contributed by atoms with Crippen molar-refractivity contribution in [2.45, 2.75) is 32.0 Å². The molecule has 1 unspecified atom stereocenters. The van der Waals surface area contributed by atoms with Gasteiger partial charge in [-0.3, -0.25) is 0 Å². The number of anilines is 2. The van der Waals surface area contributed by atoms with Gasteiger partial charge < -0.3 is 11.1 Å². The minimum atomic E-state index is -4.57. The van der Waals surface area contributed by atoms with Crippen molar-refractivity contribution in [2.75, 3.05) is 11.1 Å². The SMILES string of the molecule is CC(Nc1cc(N)nc(C(F)(F)F)n1)C1CC1.